The molecule has 4 aromatic heterocycles. The molecule has 3 aliphatic rings. The summed E-state index contributed by atoms with van der Waals surface area (Å²) in [7, 11) is 0. The summed E-state index contributed by atoms with van der Waals surface area (Å²) in [6.45, 7) is 6.01. The number of piperidine rings is 1. The number of pyridine rings is 1. The smallest absolute Gasteiger partial charge is 0.223 e. The number of nitrogens with one attached hydrogen (secondary N) is 2. The third-order valence-electron chi connectivity index (χ3n) is 8.25. The minimum atomic E-state index is 0.210. The molecule has 2 bridgehead atoms. The Morgan fingerprint density at radius 1 is 1.10 bits per heavy atom. The first-order valence-electron chi connectivity index (χ1n) is 14.0. The molecule has 3 atom stereocenters. The van der Waals surface area contributed by atoms with Crippen LogP contribution in [0.15, 0.2) is 36.7 Å². The number of nitriles is 1. The zero-order valence-electron chi connectivity index (χ0n) is 22.5. The van der Waals surface area contributed by atoms with E-state index in [1.807, 2.05) is 30.5 Å². The summed E-state index contributed by atoms with van der Waals surface area (Å²) in [5, 5.41) is 31.5. The summed E-state index contributed by atoms with van der Waals surface area (Å²) >= 11 is 1.59. The van der Waals surface area contributed by atoms with E-state index >= 15 is 0 Å². The number of anilines is 2. The molecule has 2 N–H and O–H groups in total. The molecule has 40 heavy (non-hydrogen) atoms. The van der Waals surface area contributed by atoms with E-state index in [9.17, 15) is 10.1 Å². The van der Waals surface area contributed by atoms with Gasteiger partial charge in [0.1, 0.15) is 6.07 Å². The van der Waals surface area contributed by atoms with Gasteiger partial charge >= 0.3 is 0 Å². The maximum Gasteiger partial charge on any atom is 0.223 e. The Bertz CT molecular complexity index is 1620. The van der Waals surface area contributed by atoms with E-state index in [0.29, 0.717) is 23.4 Å². The summed E-state index contributed by atoms with van der Waals surface area (Å²) in [6.07, 6.45) is 7.81. The fourth-order valence-electron chi connectivity index (χ4n) is 6.14. The van der Waals surface area contributed by atoms with Crippen molar-refractivity contribution in [2.24, 2.45) is 17.8 Å². The Labute approximate surface area is 236 Å². The highest BCUT2D eigenvalue weighted by atomic mass is 32.1. The van der Waals surface area contributed by atoms with Crippen molar-refractivity contribution in [1.29, 1.82) is 5.26 Å². The van der Waals surface area contributed by atoms with Crippen molar-refractivity contribution in [1.82, 2.24) is 30.1 Å². The van der Waals surface area contributed by atoms with E-state index in [0.717, 1.165) is 77.1 Å². The lowest BCUT2D eigenvalue weighted by Crippen LogP contribution is -2.53. The first kappa shape index (κ1) is 25.0. The Morgan fingerprint density at radius 3 is 2.62 bits per heavy atom. The molecule has 0 radical (unpaired) electrons. The summed E-state index contributed by atoms with van der Waals surface area (Å²) < 4.78 is 1.80. The largest absolute Gasteiger partial charge is 0.382 e. The van der Waals surface area contributed by atoms with Gasteiger partial charge in [0.25, 0.3) is 0 Å². The van der Waals surface area contributed by atoms with Crippen molar-refractivity contribution in [2.75, 3.05) is 23.3 Å². The molecule has 1 amide bonds. The molecule has 7 rings (SSSR count). The average molecular weight is 554 g/mol. The molecule has 0 unspecified atom stereocenters. The van der Waals surface area contributed by atoms with Crippen molar-refractivity contribution in [3.05, 3.63) is 42.2 Å². The van der Waals surface area contributed by atoms with Gasteiger partial charge in [-0.15, -0.1) is 10.2 Å². The first-order valence-corrected chi connectivity index (χ1v) is 14.8. The number of nitrogens with zero attached hydrogens (tertiary/aromatic N) is 7. The summed E-state index contributed by atoms with van der Waals surface area (Å²) in [6, 6.07) is 10.4. The number of carbonyl (C=O) groups excluding carboxylic acids is 1. The van der Waals surface area contributed by atoms with Crippen LogP contribution >= 0.6 is 11.3 Å². The molecule has 4 aromatic rings. The summed E-state index contributed by atoms with van der Waals surface area (Å²) in [5.41, 5.74) is 4.85. The molecule has 1 aliphatic heterocycles. The highest BCUT2D eigenvalue weighted by Gasteiger charge is 2.45. The first-order chi connectivity index (χ1) is 19.5. The van der Waals surface area contributed by atoms with Gasteiger partial charge in [0.05, 0.1) is 34.2 Å². The Kier molecular flexibility index (Phi) is 6.15. The van der Waals surface area contributed by atoms with Crippen molar-refractivity contribution >= 4 is 33.6 Å². The predicted molar refractivity (Wildman–Crippen MR) is 154 cm³/mol. The van der Waals surface area contributed by atoms with Crippen LogP contribution in [0.1, 0.15) is 45.1 Å². The number of amides is 1. The minimum absolute atomic E-state index is 0.210. The highest BCUT2D eigenvalue weighted by molar-refractivity contribution is 7.18. The van der Waals surface area contributed by atoms with Gasteiger partial charge in [-0.3, -0.25) is 9.78 Å². The molecule has 1 saturated heterocycles. The highest BCUT2D eigenvalue weighted by Crippen LogP contribution is 2.42. The van der Waals surface area contributed by atoms with E-state index in [1.165, 1.54) is 0 Å². The average Bonchev–Trinajstić information content (AvgIpc) is 3.47. The van der Waals surface area contributed by atoms with Gasteiger partial charge in [-0.05, 0) is 75.6 Å². The molecular weight excluding hydrogens is 522 g/mol. The fraction of sp³-hybridized carbons (Fsp3) is 0.448. The molecule has 5 heterocycles. The molecule has 0 aromatic carbocycles. The van der Waals surface area contributed by atoms with Gasteiger partial charge in [0.2, 0.25) is 11.0 Å². The van der Waals surface area contributed by atoms with Crippen LogP contribution in [-0.2, 0) is 4.79 Å². The molecule has 0 spiro atoms. The van der Waals surface area contributed by atoms with Gasteiger partial charge < -0.3 is 15.5 Å². The monoisotopic (exact) mass is 553 g/mol. The van der Waals surface area contributed by atoms with Crippen LogP contribution in [-0.4, -0.2) is 55.9 Å². The van der Waals surface area contributed by atoms with Gasteiger partial charge in [-0.1, -0.05) is 11.3 Å². The van der Waals surface area contributed by atoms with Crippen LogP contribution in [0.2, 0.25) is 0 Å². The quantitative estimate of drug-likeness (QED) is 0.346. The lowest BCUT2D eigenvalue weighted by molar-refractivity contribution is -0.123. The normalized spacial score (nSPS) is 22.1. The number of hydrogen-bond acceptors (Lipinski definition) is 9. The maximum atomic E-state index is 12.4. The Balaban J connectivity index is 1.14. The van der Waals surface area contributed by atoms with Crippen molar-refractivity contribution in [3.8, 4) is 28.0 Å². The number of fused-ring (bicyclic) bond motifs is 3. The van der Waals surface area contributed by atoms with E-state index in [-0.39, 0.29) is 17.9 Å². The molecule has 204 valence electrons. The Hall–Kier alpha value is -4.04. The van der Waals surface area contributed by atoms with Crippen LogP contribution in [0, 0.1) is 29.1 Å². The second-order valence-electron chi connectivity index (χ2n) is 11.5. The van der Waals surface area contributed by atoms with Gasteiger partial charge in [-0.25, -0.2) is 4.52 Å². The van der Waals surface area contributed by atoms with Gasteiger partial charge in [-0.2, -0.15) is 10.4 Å². The van der Waals surface area contributed by atoms with E-state index in [1.54, 1.807) is 22.0 Å². The van der Waals surface area contributed by atoms with Crippen molar-refractivity contribution < 1.29 is 4.79 Å². The van der Waals surface area contributed by atoms with Gasteiger partial charge in [0, 0.05) is 43.0 Å². The molecular formula is C29H31N9OS. The standard InChI is InChI=1S/C29H31N9OS/c1-16(2)33-23-10-24(25-8-7-21-9-17(11-30)12-32-38(21)25)31-13-22(23)28-35-36-29(40-28)37-14-19-5-6-20(15-37)26(19)34-27(39)18-3-4-18/h7-10,12-13,16,18-20,26H,3-6,14-15H2,1-2H3,(H,31,33)(H,34,39)/t19-,20+,26-. The zero-order valence-corrected chi connectivity index (χ0v) is 23.4. The van der Waals surface area contributed by atoms with Crippen molar-refractivity contribution in [2.45, 2.75) is 51.6 Å². The number of aromatic nitrogens is 5. The maximum absolute atomic E-state index is 12.4. The van der Waals surface area contributed by atoms with Crippen LogP contribution in [0.25, 0.3) is 27.5 Å². The lowest BCUT2D eigenvalue weighted by atomic mass is 9.92. The van der Waals surface area contributed by atoms with Crippen LogP contribution in [0.3, 0.4) is 0 Å². The lowest BCUT2D eigenvalue weighted by Gasteiger charge is -2.38. The zero-order chi connectivity index (χ0) is 27.4. The number of rotatable bonds is 7. The van der Waals surface area contributed by atoms with Gasteiger partial charge in [0.15, 0.2) is 5.01 Å². The van der Waals surface area contributed by atoms with Crippen LogP contribution in [0.4, 0.5) is 10.8 Å². The number of hydrogen-bond donors (Lipinski definition) is 2. The van der Waals surface area contributed by atoms with E-state index < -0.39 is 0 Å². The topological polar surface area (TPSA) is 124 Å². The fourth-order valence-corrected chi connectivity index (χ4v) is 7.03. The Morgan fingerprint density at radius 2 is 1.90 bits per heavy atom. The minimum Gasteiger partial charge on any atom is -0.382 e. The van der Waals surface area contributed by atoms with E-state index in [4.69, 9.17) is 4.98 Å². The molecule has 2 saturated carbocycles. The van der Waals surface area contributed by atoms with Crippen LogP contribution in [0.5, 0.6) is 0 Å². The van der Waals surface area contributed by atoms with E-state index in [2.05, 4.69) is 50.7 Å². The second-order valence-corrected chi connectivity index (χ2v) is 12.5. The third kappa shape index (κ3) is 4.56. The van der Waals surface area contributed by atoms with Crippen LogP contribution < -0.4 is 15.5 Å². The SMILES string of the molecule is CC(C)Nc1cc(-c2ccc3cc(C#N)cnn23)ncc1-c1nnc(N2C[C@H]3CC[C@@H](C2)[C@@H]3NC(=O)C2CC2)s1. The summed E-state index contributed by atoms with van der Waals surface area (Å²) in [5.74, 6) is 1.43. The third-order valence-corrected chi connectivity index (χ3v) is 9.26. The molecule has 11 heteroatoms. The van der Waals surface area contributed by atoms with Crippen molar-refractivity contribution in [3.63, 3.8) is 0 Å². The second kappa shape index (κ2) is 9.86. The predicted octanol–water partition coefficient (Wildman–Crippen LogP) is 4.35. The summed E-state index contributed by atoms with van der Waals surface area (Å²) in [4.78, 5) is 19.6. The molecule has 2 aliphatic carbocycles. The molecule has 3 fully saturated rings. The number of carbonyl (C=O) groups is 1. The molecule has 10 nitrogen and oxygen atoms in total.